The van der Waals surface area contributed by atoms with Gasteiger partial charge in [-0.15, -0.1) is 11.3 Å². The smallest absolute Gasteiger partial charge is 0.248 e. The average molecular weight is 333 g/mol. The Morgan fingerprint density at radius 1 is 1.22 bits per heavy atom. The van der Waals surface area contributed by atoms with Crippen LogP contribution < -0.4 is 0 Å². The monoisotopic (exact) mass is 333 g/mol. The van der Waals surface area contributed by atoms with Gasteiger partial charge in [-0.3, -0.25) is 0 Å². The van der Waals surface area contributed by atoms with Crippen molar-refractivity contribution >= 4 is 21.6 Å². The van der Waals surface area contributed by atoms with E-state index in [-0.39, 0.29) is 18.8 Å². The zero-order valence-corrected chi connectivity index (χ0v) is 12.8. The van der Waals surface area contributed by atoms with Crippen LogP contribution in [-0.4, -0.2) is 26.0 Å². The number of aliphatic hydroxyl groups is 1. The van der Waals surface area contributed by atoms with Crippen molar-refractivity contribution in [1.82, 2.24) is 15.0 Å². The maximum absolute atomic E-state index is 13.0. The van der Waals surface area contributed by atoms with Gasteiger partial charge in [0.05, 0.1) is 11.8 Å². The second-order valence-electron chi connectivity index (χ2n) is 5.84. The molecule has 1 N–H and O–H groups in total. The van der Waals surface area contributed by atoms with E-state index >= 15 is 0 Å². The molecule has 7 heteroatoms. The molecule has 118 valence electrons. The molecule has 0 aliphatic heterocycles. The van der Waals surface area contributed by atoms with Gasteiger partial charge in [0.25, 0.3) is 0 Å². The second kappa shape index (κ2) is 5.28. The summed E-state index contributed by atoms with van der Waals surface area (Å²) in [7, 11) is 0. The second-order valence-corrected chi connectivity index (χ2v) is 6.90. The first-order valence-electron chi connectivity index (χ1n) is 7.24. The van der Waals surface area contributed by atoms with Crippen LogP contribution in [0.25, 0.3) is 21.5 Å². The van der Waals surface area contributed by atoms with Crippen LogP contribution in [0, 0.1) is 5.92 Å². The number of aromatic nitrogens is 3. The van der Waals surface area contributed by atoms with Crippen molar-refractivity contribution in [2.75, 3.05) is 0 Å². The molecule has 4 rings (SSSR count). The highest BCUT2D eigenvalue weighted by molar-refractivity contribution is 7.18. The first-order chi connectivity index (χ1) is 11.0. The van der Waals surface area contributed by atoms with E-state index in [0.717, 1.165) is 21.5 Å². The summed E-state index contributed by atoms with van der Waals surface area (Å²) in [6, 6.07) is 5.60. The number of rotatable bonds is 3. The number of hydrogen-bond donors (Lipinski definition) is 1. The SMILES string of the molecule is OC(c1cc2ccc(-c3cncnc3)nc2s1)C1CC(F)(F)C1. The number of halogens is 2. The van der Waals surface area contributed by atoms with Gasteiger partial charge in [0, 0.05) is 47.0 Å². The fraction of sp³-hybridized carbons (Fsp3) is 0.312. The molecule has 0 radical (unpaired) electrons. The Labute approximate surface area is 134 Å². The minimum Gasteiger partial charge on any atom is -0.387 e. The summed E-state index contributed by atoms with van der Waals surface area (Å²) in [6.45, 7) is 0. The highest BCUT2D eigenvalue weighted by Gasteiger charge is 2.48. The topological polar surface area (TPSA) is 58.9 Å². The largest absolute Gasteiger partial charge is 0.387 e. The number of hydrogen-bond acceptors (Lipinski definition) is 5. The van der Waals surface area contributed by atoms with E-state index in [4.69, 9.17) is 0 Å². The summed E-state index contributed by atoms with van der Waals surface area (Å²) in [5, 5.41) is 11.2. The highest BCUT2D eigenvalue weighted by atomic mass is 32.1. The molecule has 0 amide bonds. The number of nitrogens with zero attached hydrogens (tertiary/aromatic N) is 3. The Hall–Kier alpha value is -1.99. The van der Waals surface area contributed by atoms with E-state index in [1.54, 1.807) is 12.4 Å². The number of fused-ring (bicyclic) bond motifs is 1. The van der Waals surface area contributed by atoms with E-state index in [0.29, 0.717) is 4.88 Å². The highest BCUT2D eigenvalue weighted by Crippen LogP contribution is 2.49. The third-order valence-corrected chi connectivity index (χ3v) is 5.23. The van der Waals surface area contributed by atoms with Crippen molar-refractivity contribution in [3.63, 3.8) is 0 Å². The standard InChI is InChI=1S/C16H13F2N3OS/c17-16(18)4-10(5-16)14(22)13-3-9-1-2-12(21-15(9)23-13)11-6-19-8-20-7-11/h1-3,6-8,10,14,22H,4-5H2. The maximum atomic E-state index is 13.0. The lowest BCUT2D eigenvalue weighted by Crippen LogP contribution is -2.38. The third-order valence-electron chi connectivity index (χ3n) is 4.12. The molecule has 3 aromatic heterocycles. The lowest BCUT2D eigenvalue weighted by molar-refractivity contribution is -0.141. The molecule has 0 bridgehead atoms. The van der Waals surface area contributed by atoms with Crippen LogP contribution in [0.5, 0.6) is 0 Å². The first-order valence-corrected chi connectivity index (χ1v) is 8.05. The summed E-state index contributed by atoms with van der Waals surface area (Å²) in [5.41, 5.74) is 1.56. The summed E-state index contributed by atoms with van der Waals surface area (Å²) in [4.78, 5) is 14.0. The lowest BCUT2D eigenvalue weighted by Gasteiger charge is -2.37. The Morgan fingerprint density at radius 3 is 2.65 bits per heavy atom. The zero-order valence-electron chi connectivity index (χ0n) is 12.0. The fourth-order valence-corrected chi connectivity index (χ4v) is 3.95. The Bertz CT molecular complexity index is 845. The van der Waals surface area contributed by atoms with Crippen molar-refractivity contribution in [2.45, 2.75) is 24.9 Å². The van der Waals surface area contributed by atoms with Crippen LogP contribution >= 0.6 is 11.3 Å². The van der Waals surface area contributed by atoms with Crippen LogP contribution in [0.4, 0.5) is 8.78 Å². The summed E-state index contributed by atoms with van der Waals surface area (Å²) in [5.74, 6) is -3.00. The molecule has 0 spiro atoms. The predicted molar refractivity (Wildman–Crippen MR) is 83.3 cm³/mol. The molecule has 1 aliphatic carbocycles. The van der Waals surface area contributed by atoms with Crippen LogP contribution in [0.1, 0.15) is 23.8 Å². The predicted octanol–water partition coefficient (Wildman–Crippen LogP) is 3.83. The molecular formula is C16H13F2N3OS. The minimum absolute atomic E-state index is 0.248. The first kappa shape index (κ1) is 14.6. The number of alkyl halides is 2. The van der Waals surface area contributed by atoms with E-state index in [1.807, 2.05) is 18.2 Å². The quantitative estimate of drug-likeness (QED) is 0.791. The molecule has 1 aliphatic rings. The van der Waals surface area contributed by atoms with Gasteiger partial charge in [-0.05, 0) is 18.2 Å². The van der Waals surface area contributed by atoms with Crippen molar-refractivity contribution in [3.05, 3.63) is 41.8 Å². The lowest BCUT2D eigenvalue weighted by atomic mass is 9.77. The molecule has 3 aromatic rings. The molecule has 1 saturated carbocycles. The van der Waals surface area contributed by atoms with E-state index < -0.39 is 12.0 Å². The van der Waals surface area contributed by atoms with Gasteiger partial charge < -0.3 is 5.11 Å². The Morgan fingerprint density at radius 2 is 1.96 bits per heavy atom. The molecule has 3 heterocycles. The van der Waals surface area contributed by atoms with Gasteiger partial charge in [-0.1, -0.05) is 0 Å². The van der Waals surface area contributed by atoms with Crippen LogP contribution in [-0.2, 0) is 0 Å². The van der Waals surface area contributed by atoms with Gasteiger partial charge in [-0.25, -0.2) is 23.7 Å². The van der Waals surface area contributed by atoms with Crippen LogP contribution in [0.3, 0.4) is 0 Å². The van der Waals surface area contributed by atoms with Crippen molar-refractivity contribution in [1.29, 1.82) is 0 Å². The third kappa shape index (κ3) is 2.70. The van der Waals surface area contributed by atoms with E-state index in [9.17, 15) is 13.9 Å². The minimum atomic E-state index is -2.62. The fourth-order valence-electron chi connectivity index (χ4n) is 2.84. The van der Waals surface area contributed by atoms with Crippen LogP contribution in [0.15, 0.2) is 36.9 Å². The summed E-state index contributed by atoms with van der Waals surface area (Å²) >= 11 is 1.35. The molecule has 23 heavy (non-hydrogen) atoms. The molecule has 4 nitrogen and oxygen atoms in total. The number of aliphatic hydroxyl groups excluding tert-OH is 1. The van der Waals surface area contributed by atoms with Crippen molar-refractivity contribution < 1.29 is 13.9 Å². The van der Waals surface area contributed by atoms with Crippen molar-refractivity contribution in [2.24, 2.45) is 5.92 Å². The summed E-state index contributed by atoms with van der Waals surface area (Å²) < 4.78 is 26.0. The van der Waals surface area contributed by atoms with Gasteiger partial charge in [0.15, 0.2) is 0 Å². The maximum Gasteiger partial charge on any atom is 0.248 e. The molecule has 1 atom stereocenters. The van der Waals surface area contributed by atoms with Gasteiger partial charge >= 0.3 is 0 Å². The van der Waals surface area contributed by atoms with Crippen molar-refractivity contribution in [3.8, 4) is 11.3 Å². The summed E-state index contributed by atoms with van der Waals surface area (Å²) in [6.07, 6.45) is 3.47. The average Bonchev–Trinajstić information content (AvgIpc) is 2.95. The number of pyridine rings is 1. The Balaban J connectivity index is 1.63. The normalized spacial score (nSPS) is 18.7. The zero-order chi connectivity index (χ0) is 16.0. The van der Waals surface area contributed by atoms with Crippen LogP contribution in [0.2, 0.25) is 0 Å². The van der Waals surface area contributed by atoms with E-state index in [1.165, 1.54) is 17.7 Å². The van der Waals surface area contributed by atoms with Gasteiger partial charge in [-0.2, -0.15) is 0 Å². The molecule has 1 unspecified atom stereocenters. The van der Waals surface area contributed by atoms with Gasteiger partial charge in [0.2, 0.25) is 5.92 Å². The van der Waals surface area contributed by atoms with E-state index in [2.05, 4.69) is 15.0 Å². The molecule has 0 aromatic carbocycles. The Kier molecular flexibility index (Phi) is 3.35. The molecule has 0 saturated heterocycles. The van der Waals surface area contributed by atoms with Gasteiger partial charge in [0.1, 0.15) is 11.2 Å². The molecule has 1 fully saturated rings. The number of thiophene rings is 1. The molecular weight excluding hydrogens is 320 g/mol.